The van der Waals surface area contributed by atoms with E-state index in [1.807, 2.05) is 24.3 Å². The third-order valence-electron chi connectivity index (χ3n) is 3.38. The second kappa shape index (κ2) is 8.27. The Balaban J connectivity index is 1.51. The smallest absolute Gasteiger partial charge is 0.230 e. The molecule has 3 rings (SSSR count). The van der Waals surface area contributed by atoms with E-state index in [1.165, 1.54) is 11.8 Å². The Morgan fingerprint density at radius 2 is 1.88 bits per heavy atom. The Hall–Kier alpha value is -1.47. The van der Waals surface area contributed by atoms with Gasteiger partial charge in [0.05, 0.1) is 15.8 Å². The second-order valence-corrected chi connectivity index (χ2v) is 7.42. The number of amides is 1. The number of halogens is 3. The van der Waals surface area contributed by atoms with Crippen molar-refractivity contribution < 1.29 is 4.79 Å². The molecule has 0 fully saturated rings. The van der Waals surface area contributed by atoms with Gasteiger partial charge in [-0.05, 0) is 30.2 Å². The van der Waals surface area contributed by atoms with E-state index < -0.39 is 0 Å². The topological polar surface area (TPSA) is 59.3 Å². The highest BCUT2D eigenvalue weighted by Crippen LogP contribution is 2.25. The van der Waals surface area contributed by atoms with E-state index in [0.29, 0.717) is 32.4 Å². The molecule has 5 nitrogen and oxygen atoms in total. The van der Waals surface area contributed by atoms with Gasteiger partial charge in [-0.3, -0.25) is 9.20 Å². The van der Waals surface area contributed by atoms with Crippen LogP contribution >= 0.6 is 46.6 Å². The first-order valence-corrected chi connectivity index (χ1v) is 9.48. The molecule has 1 amide bonds. The summed E-state index contributed by atoms with van der Waals surface area (Å²) in [5.74, 6) is 0.148. The van der Waals surface area contributed by atoms with Crippen LogP contribution in [0, 0.1) is 0 Å². The van der Waals surface area contributed by atoms with E-state index in [0.717, 1.165) is 12.0 Å². The first-order valence-electron chi connectivity index (χ1n) is 7.36. The molecular weight excluding hydrogens is 403 g/mol. The molecule has 3 aromatic rings. The Bertz CT molecular complexity index is 898. The third kappa shape index (κ3) is 4.79. The largest absolute Gasteiger partial charge is 0.355 e. The lowest BCUT2D eigenvalue weighted by Crippen LogP contribution is -2.27. The number of benzene rings is 1. The highest BCUT2D eigenvalue weighted by atomic mass is 35.5. The maximum atomic E-state index is 12.0. The number of pyridine rings is 1. The molecule has 0 aliphatic heterocycles. The predicted molar refractivity (Wildman–Crippen MR) is 102 cm³/mol. The van der Waals surface area contributed by atoms with Crippen molar-refractivity contribution >= 4 is 58.1 Å². The van der Waals surface area contributed by atoms with Crippen molar-refractivity contribution in [2.75, 3.05) is 12.3 Å². The summed E-state index contributed by atoms with van der Waals surface area (Å²) in [6, 6.07) is 9.16. The lowest BCUT2D eigenvalue weighted by atomic mass is 10.1. The molecule has 0 aliphatic carbocycles. The van der Waals surface area contributed by atoms with Crippen LogP contribution in [0.5, 0.6) is 0 Å². The first-order chi connectivity index (χ1) is 12.0. The molecule has 0 spiro atoms. The quantitative estimate of drug-likeness (QED) is 0.615. The average Bonchev–Trinajstić information content (AvgIpc) is 2.98. The van der Waals surface area contributed by atoms with Gasteiger partial charge in [0, 0.05) is 17.8 Å². The molecule has 0 atom stereocenters. The number of hydrogen-bond donors (Lipinski definition) is 1. The van der Waals surface area contributed by atoms with Crippen molar-refractivity contribution in [1.82, 2.24) is 19.9 Å². The molecule has 1 N–H and O–H groups in total. The summed E-state index contributed by atoms with van der Waals surface area (Å²) in [5.41, 5.74) is 1.63. The van der Waals surface area contributed by atoms with Crippen LogP contribution < -0.4 is 5.32 Å². The van der Waals surface area contributed by atoms with Crippen LogP contribution in [0.15, 0.2) is 41.7 Å². The van der Waals surface area contributed by atoms with Gasteiger partial charge in [-0.2, -0.15) is 0 Å². The number of hydrogen-bond acceptors (Lipinski definition) is 4. The first kappa shape index (κ1) is 18.3. The maximum absolute atomic E-state index is 12.0. The Labute approximate surface area is 163 Å². The highest BCUT2D eigenvalue weighted by molar-refractivity contribution is 7.99. The van der Waals surface area contributed by atoms with E-state index in [9.17, 15) is 4.79 Å². The molecule has 1 aromatic carbocycles. The van der Waals surface area contributed by atoms with E-state index in [-0.39, 0.29) is 11.7 Å². The van der Waals surface area contributed by atoms with Crippen molar-refractivity contribution in [3.05, 3.63) is 57.2 Å². The van der Waals surface area contributed by atoms with Gasteiger partial charge in [-0.15, -0.1) is 10.2 Å². The Kier molecular flexibility index (Phi) is 6.06. The van der Waals surface area contributed by atoms with Gasteiger partial charge in [0.15, 0.2) is 10.8 Å². The average molecular weight is 416 g/mol. The molecule has 2 aromatic heterocycles. The summed E-state index contributed by atoms with van der Waals surface area (Å²) in [7, 11) is 0. The second-order valence-electron chi connectivity index (χ2n) is 5.20. The van der Waals surface area contributed by atoms with Gasteiger partial charge in [-0.1, -0.05) is 58.7 Å². The molecule has 0 saturated heterocycles. The SMILES string of the molecule is O=C(CSc1nnc2c(Cl)cc(Cl)cn12)NCCc1ccc(Cl)cc1. The zero-order valence-corrected chi connectivity index (χ0v) is 16.0. The number of nitrogens with one attached hydrogen (secondary N) is 1. The summed E-state index contributed by atoms with van der Waals surface area (Å²) >= 11 is 19.2. The number of aromatic nitrogens is 3. The molecule has 0 aliphatic rings. The maximum Gasteiger partial charge on any atom is 0.230 e. The zero-order chi connectivity index (χ0) is 17.8. The van der Waals surface area contributed by atoms with Crippen molar-refractivity contribution in [2.45, 2.75) is 11.6 Å². The van der Waals surface area contributed by atoms with E-state index in [2.05, 4.69) is 15.5 Å². The molecule has 9 heteroatoms. The fraction of sp³-hybridized carbons (Fsp3) is 0.188. The lowest BCUT2D eigenvalue weighted by molar-refractivity contribution is -0.118. The minimum absolute atomic E-state index is 0.0798. The molecule has 25 heavy (non-hydrogen) atoms. The molecule has 0 unspecified atom stereocenters. The van der Waals surface area contributed by atoms with Gasteiger partial charge in [0.1, 0.15) is 0 Å². The van der Waals surface area contributed by atoms with Gasteiger partial charge < -0.3 is 5.32 Å². The van der Waals surface area contributed by atoms with Gasteiger partial charge >= 0.3 is 0 Å². The van der Waals surface area contributed by atoms with E-state index in [1.54, 1.807) is 16.7 Å². The number of nitrogens with zero attached hydrogens (tertiary/aromatic N) is 3. The number of rotatable bonds is 6. The molecule has 0 bridgehead atoms. The van der Waals surface area contributed by atoms with Crippen LogP contribution in [0.2, 0.25) is 15.1 Å². The summed E-state index contributed by atoms with van der Waals surface area (Å²) in [4.78, 5) is 12.0. The van der Waals surface area contributed by atoms with Crippen molar-refractivity contribution in [2.24, 2.45) is 0 Å². The predicted octanol–water partition coefficient (Wildman–Crippen LogP) is 4.14. The van der Waals surface area contributed by atoms with Crippen LogP contribution in [0.4, 0.5) is 0 Å². The van der Waals surface area contributed by atoms with Crippen molar-refractivity contribution in [1.29, 1.82) is 0 Å². The van der Waals surface area contributed by atoms with E-state index >= 15 is 0 Å². The van der Waals surface area contributed by atoms with Gasteiger partial charge in [0.2, 0.25) is 5.91 Å². The number of thioether (sulfide) groups is 1. The summed E-state index contributed by atoms with van der Waals surface area (Å²) in [6.07, 6.45) is 2.41. The fourth-order valence-electron chi connectivity index (χ4n) is 2.18. The molecular formula is C16H13Cl3N4OS. The minimum atomic E-state index is -0.0798. The fourth-order valence-corrected chi connectivity index (χ4v) is 3.55. The normalized spacial score (nSPS) is 11.0. The number of carbonyl (C=O) groups is 1. The van der Waals surface area contributed by atoms with Crippen LogP contribution in [-0.4, -0.2) is 32.8 Å². The van der Waals surface area contributed by atoms with Crippen LogP contribution in [-0.2, 0) is 11.2 Å². The monoisotopic (exact) mass is 414 g/mol. The lowest BCUT2D eigenvalue weighted by Gasteiger charge is -2.05. The Morgan fingerprint density at radius 3 is 2.64 bits per heavy atom. The van der Waals surface area contributed by atoms with Gasteiger partial charge in [0.25, 0.3) is 0 Å². The minimum Gasteiger partial charge on any atom is -0.355 e. The number of fused-ring (bicyclic) bond motifs is 1. The third-order valence-corrected chi connectivity index (χ3v) is 5.06. The zero-order valence-electron chi connectivity index (χ0n) is 12.9. The Morgan fingerprint density at radius 1 is 1.12 bits per heavy atom. The molecule has 0 saturated carbocycles. The van der Waals surface area contributed by atoms with Crippen LogP contribution in [0.3, 0.4) is 0 Å². The summed E-state index contributed by atoms with van der Waals surface area (Å²) in [6.45, 7) is 0.555. The van der Waals surface area contributed by atoms with Crippen molar-refractivity contribution in [3.63, 3.8) is 0 Å². The van der Waals surface area contributed by atoms with Gasteiger partial charge in [-0.25, -0.2) is 0 Å². The highest BCUT2D eigenvalue weighted by Gasteiger charge is 2.12. The van der Waals surface area contributed by atoms with E-state index in [4.69, 9.17) is 34.8 Å². The van der Waals surface area contributed by atoms with Crippen molar-refractivity contribution in [3.8, 4) is 0 Å². The number of carbonyl (C=O) groups excluding carboxylic acids is 1. The molecule has 130 valence electrons. The van der Waals surface area contributed by atoms with Crippen LogP contribution in [0.1, 0.15) is 5.56 Å². The summed E-state index contributed by atoms with van der Waals surface area (Å²) in [5, 5.41) is 13.1. The molecule has 0 radical (unpaired) electrons. The van der Waals surface area contributed by atoms with Crippen LogP contribution in [0.25, 0.3) is 5.65 Å². The molecule has 2 heterocycles. The standard InChI is InChI=1S/C16H13Cl3N4OS/c17-11-3-1-10(2-4-11)5-6-20-14(24)9-25-16-22-21-15-13(19)7-12(18)8-23(15)16/h1-4,7-8H,5-6,9H2,(H,20,24). The summed E-state index contributed by atoms with van der Waals surface area (Å²) < 4.78 is 1.68.